The second kappa shape index (κ2) is 10.6. The van der Waals surface area contributed by atoms with Crippen LogP contribution in [0.4, 0.5) is 5.69 Å². The molecular weight excluding hydrogens is 392 g/mol. The van der Waals surface area contributed by atoms with E-state index in [1.807, 2.05) is 32.0 Å². The summed E-state index contributed by atoms with van der Waals surface area (Å²) in [6.07, 6.45) is 0.390. The number of para-hydroxylation sites is 1. The second-order valence-corrected chi connectivity index (χ2v) is 7.49. The molecule has 0 aromatic heterocycles. The van der Waals surface area contributed by atoms with Crippen molar-refractivity contribution in [3.8, 4) is 0 Å². The molecule has 7 heteroatoms. The van der Waals surface area contributed by atoms with E-state index in [1.54, 1.807) is 43.4 Å². The number of halogens is 1. The molecule has 6 nitrogen and oxygen atoms in total. The van der Waals surface area contributed by atoms with Gasteiger partial charge in [0, 0.05) is 23.3 Å². The average molecular weight is 417 g/mol. The standard InChI is InChI=1S/C22H25ClN2O4/c1-15(2)13-19(24-21(27)16-9-11-17(23)12-10-16)22(28)29-14-20(26)25(3)18-7-5-4-6-8-18/h4-12,15,19H,13-14H2,1-3H3,(H,24,27)/t19-/m0/s1. The van der Waals surface area contributed by atoms with E-state index >= 15 is 0 Å². The molecule has 0 spiro atoms. The quantitative estimate of drug-likeness (QED) is 0.666. The van der Waals surface area contributed by atoms with Crippen LogP contribution >= 0.6 is 11.6 Å². The van der Waals surface area contributed by atoms with Gasteiger partial charge in [0.25, 0.3) is 11.8 Å². The Morgan fingerprint density at radius 1 is 1.03 bits per heavy atom. The fourth-order valence-corrected chi connectivity index (χ4v) is 2.78. The minimum absolute atomic E-state index is 0.140. The van der Waals surface area contributed by atoms with Crippen molar-refractivity contribution >= 4 is 35.1 Å². The van der Waals surface area contributed by atoms with Crippen LogP contribution in [-0.2, 0) is 14.3 Å². The van der Waals surface area contributed by atoms with Gasteiger partial charge in [-0.15, -0.1) is 0 Å². The van der Waals surface area contributed by atoms with Crippen LogP contribution in [0, 0.1) is 5.92 Å². The van der Waals surface area contributed by atoms with E-state index in [-0.39, 0.29) is 11.8 Å². The van der Waals surface area contributed by atoms with E-state index in [9.17, 15) is 14.4 Å². The molecular formula is C22H25ClN2O4. The van der Waals surface area contributed by atoms with Crippen molar-refractivity contribution in [2.45, 2.75) is 26.3 Å². The lowest BCUT2D eigenvalue weighted by Gasteiger charge is -2.21. The molecule has 154 valence electrons. The smallest absolute Gasteiger partial charge is 0.329 e. The van der Waals surface area contributed by atoms with Crippen LogP contribution in [0.5, 0.6) is 0 Å². The lowest BCUT2D eigenvalue weighted by Crippen LogP contribution is -2.44. The monoisotopic (exact) mass is 416 g/mol. The summed E-state index contributed by atoms with van der Waals surface area (Å²) in [6, 6.07) is 14.6. The number of rotatable bonds is 8. The van der Waals surface area contributed by atoms with Crippen molar-refractivity contribution in [2.24, 2.45) is 5.92 Å². The van der Waals surface area contributed by atoms with E-state index in [1.165, 1.54) is 4.90 Å². The van der Waals surface area contributed by atoms with Crippen LogP contribution in [-0.4, -0.2) is 37.5 Å². The van der Waals surface area contributed by atoms with E-state index < -0.39 is 24.5 Å². The largest absolute Gasteiger partial charge is 0.454 e. The number of ether oxygens (including phenoxy) is 1. The topological polar surface area (TPSA) is 75.7 Å². The minimum atomic E-state index is -0.854. The maximum Gasteiger partial charge on any atom is 0.329 e. The Hall–Kier alpha value is -2.86. The highest BCUT2D eigenvalue weighted by Crippen LogP contribution is 2.13. The number of likely N-dealkylation sites (N-methyl/N-ethyl adjacent to an activating group) is 1. The molecule has 0 radical (unpaired) electrons. The lowest BCUT2D eigenvalue weighted by molar-refractivity contribution is -0.150. The number of carbonyl (C=O) groups is 3. The molecule has 0 heterocycles. The maximum absolute atomic E-state index is 12.5. The summed E-state index contributed by atoms with van der Waals surface area (Å²) in [5.74, 6) is -1.27. The van der Waals surface area contributed by atoms with Gasteiger partial charge in [-0.25, -0.2) is 4.79 Å². The van der Waals surface area contributed by atoms with E-state index in [0.29, 0.717) is 22.7 Å². The van der Waals surface area contributed by atoms with Crippen molar-refractivity contribution in [3.05, 3.63) is 65.2 Å². The van der Waals surface area contributed by atoms with Gasteiger partial charge < -0.3 is 15.0 Å². The van der Waals surface area contributed by atoms with Crippen LogP contribution in [0.1, 0.15) is 30.6 Å². The zero-order valence-corrected chi connectivity index (χ0v) is 17.5. The first-order valence-corrected chi connectivity index (χ1v) is 9.70. The summed E-state index contributed by atoms with van der Waals surface area (Å²) >= 11 is 5.84. The highest BCUT2D eigenvalue weighted by Gasteiger charge is 2.25. The molecule has 0 fully saturated rings. The molecule has 0 aliphatic rings. The van der Waals surface area contributed by atoms with Gasteiger partial charge in [0.1, 0.15) is 6.04 Å². The third-order valence-corrected chi connectivity index (χ3v) is 4.51. The number of hydrogen-bond acceptors (Lipinski definition) is 4. The van der Waals surface area contributed by atoms with Crippen molar-refractivity contribution in [3.63, 3.8) is 0 Å². The second-order valence-electron chi connectivity index (χ2n) is 7.06. The predicted molar refractivity (Wildman–Crippen MR) is 113 cm³/mol. The number of amides is 2. The van der Waals surface area contributed by atoms with Gasteiger partial charge in [-0.05, 0) is 48.7 Å². The molecule has 2 aromatic rings. The van der Waals surface area contributed by atoms with Gasteiger partial charge in [-0.1, -0.05) is 43.6 Å². The van der Waals surface area contributed by atoms with Crippen LogP contribution < -0.4 is 10.2 Å². The zero-order valence-electron chi connectivity index (χ0n) is 16.7. The fourth-order valence-electron chi connectivity index (χ4n) is 2.65. The number of esters is 1. The fraction of sp³-hybridized carbons (Fsp3) is 0.318. The molecule has 0 saturated heterocycles. The minimum Gasteiger partial charge on any atom is -0.454 e. The Bertz CT molecular complexity index is 838. The number of benzene rings is 2. The van der Waals surface area contributed by atoms with E-state index in [2.05, 4.69) is 5.32 Å². The Balaban J connectivity index is 1.98. The number of hydrogen-bond donors (Lipinski definition) is 1. The summed E-state index contributed by atoms with van der Waals surface area (Å²) in [4.78, 5) is 38.7. The lowest BCUT2D eigenvalue weighted by atomic mass is 10.0. The first kappa shape index (κ1) is 22.4. The molecule has 0 aliphatic carbocycles. The van der Waals surface area contributed by atoms with E-state index in [4.69, 9.17) is 16.3 Å². The van der Waals surface area contributed by atoms with Crippen LogP contribution in [0.25, 0.3) is 0 Å². The van der Waals surface area contributed by atoms with Gasteiger partial charge in [0.05, 0.1) is 0 Å². The molecule has 2 rings (SSSR count). The van der Waals surface area contributed by atoms with Gasteiger partial charge in [0.15, 0.2) is 6.61 Å². The number of nitrogens with one attached hydrogen (secondary N) is 1. The van der Waals surface area contributed by atoms with Gasteiger partial charge in [0.2, 0.25) is 0 Å². The summed E-state index contributed by atoms with van der Waals surface area (Å²) in [5, 5.41) is 3.20. The van der Waals surface area contributed by atoms with Crippen molar-refractivity contribution in [1.29, 1.82) is 0 Å². The van der Waals surface area contributed by atoms with Crippen molar-refractivity contribution < 1.29 is 19.1 Å². The van der Waals surface area contributed by atoms with Crippen LogP contribution in [0.3, 0.4) is 0 Å². The molecule has 1 atom stereocenters. The number of carbonyl (C=O) groups excluding carboxylic acids is 3. The molecule has 2 amide bonds. The van der Waals surface area contributed by atoms with Crippen molar-refractivity contribution in [2.75, 3.05) is 18.6 Å². The Labute approximate surface area is 175 Å². The Morgan fingerprint density at radius 2 is 1.66 bits per heavy atom. The molecule has 0 aliphatic heterocycles. The summed E-state index contributed by atoms with van der Waals surface area (Å²) < 4.78 is 5.20. The Kier molecular flexibility index (Phi) is 8.21. The van der Waals surface area contributed by atoms with E-state index in [0.717, 1.165) is 0 Å². The predicted octanol–water partition coefficient (Wildman–Crippen LogP) is 3.69. The first-order chi connectivity index (χ1) is 13.8. The highest BCUT2D eigenvalue weighted by molar-refractivity contribution is 6.30. The number of nitrogens with zero attached hydrogens (tertiary/aromatic N) is 1. The maximum atomic E-state index is 12.5. The summed E-state index contributed by atoms with van der Waals surface area (Å²) in [5.41, 5.74) is 1.08. The average Bonchev–Trinajstić information content (AvgIpc) is 2.71. The van der Waals surface area contributed by atoms with Crippen LogP contribution in [0.2, 0.25) is 5.02 Å². The van der Waals surface area contributed by atoms with Crippen molar-refractivity contribution in [1.82, 2.24) is 5.32 Å². The normalized spacial score (nSPS) is 11.6. The highest BCUT2D eigenvalue weighted by atomic mass is 35.5. The Morgan fingerprint density at radius 3 is 2.24 bits per heavy atom. The summed E-state index contributed by atoms with van der Waals surface area (Å²) in [6.45, 7) is 3.46. The zero-order chi connectivity index (χ0) is 21.4. The molecule has 2 aromatic carbocycles. The van der Waals surface area contributed by atoms with Gasteiger partial charge in [-0.2, -0.15) is 0 Å². The molecule has 0 bridgehead atoms. The SMILES string of the molecule is CC(C)C[C@H](NC(=O)c1ccc(Cl)cc1)C(=O)OCC(=O)N(C)c1ccccc1. The van der Waals surface area contributed by atoms with Crippen LogP contribution in [0.15, 0.2) is 54.6 Å². The molecule has 0 unspecified atom stereocenters. The molecule has 1 N–H and O–H groups in total. The number of anilines is 1. The summed E-state index contributed by atoms with van der Waals surface area (Å²) in [7, 11) is 1.61. The van der Waals surface area contributed by atoms with Gasteiger partial charge in [-0.3, -0.25) is 9.59 Å². The third kappa shape index (κ3) is 6.91. The van der Waals surface area contributed by atoms with Gasteiger partial charge >= 0.3 is 5.97 Å². The molecule has 0 saturated carbocycles. The third-order valence-electron chi connectivity index (χ3n) is 4.26. The molecule has 29 heavy (non-hydrogen) atoms. The first-order valence-electron chi connectivity index (χ1n) is 9.32.